The lowest BCUT2D eigenvalue weighted by Gasteiger charge is -2.33. The zero-order valence-corrected chi connectivity index (χ0v) is 15.4. The van der Waals surface area contributed by atoms with E-state index in [1.807, 2.05) is 11.8 Å². The average Bonchev–Trinajstić information content (AvgIpc) is 3.42. The van der Waals surface area contributed by atoms with Gasteiger partial charge in [0.1, 0.15) is 16.5 Å². The van der Waals surface area contributed by atoms with Crippen molar-refractivity contribution >= 4 is 15.9 Å². The van der Waals surface area contributed by atoms with Crippen molar-refractivity contribution in [1.82, 2.24) is 14.5 Å². The molecule has 1 amide bonds. The number of benzene rings is 1. The minimum Gasteiger partial charge on any atom is -0.352 e. The van der Waals surface area contributed by atoms with Crippen LogP contribution >= 0.6 is 0 Å². The molecule has 0 spiro atoms. The number of nitrogens with one attached hydrogen (secondary N) is 1. The molecule has 1 aromatic rings. The van der Waals surface area contributed by atoms with E-state index < -0.39 is 26.6 Å². The number of rotatable bonds is 6. The van der Waals surface area contributed by atoms with Gasteiger partial charge in [0.25, 0.3) is 0 Å². The Hall–Kier alpha value is -1.58. The third-order valence-corrected chi connectivity index (χ3v) is 6.84. The lowest BCUT2D eigenvalue weighted by molar-refractivity contribution is -0.123. The highest BCUT2D eigenvalue weighted by atomic mass is 32.2. The highest BCUT2D eigenvalue weighted by Gasteiger charge is 2.32. The van der Waals surface area contributed by atoms with E-state index in [1.54, 1.807) is 0 Å². The maximum Gasteiger partial charge on any atom is 0.246 e. The number of sulfonamides is 1. The van der Waals surface area contributed by atoms with E-state index in [9.17, 15) is 22.0 Å². The number of nitrogens with zero attached hydrogens (tertiary/aromatic N) is 2. The van der Waals surface area contributed by atoms with Gasteiger partial charge in [-0.3, -0.25) is 9.69 Å². The van der Waals surface area contributed by atoms with Gasteiger partial charge in [0.15, 0.2) is 0 Å². The molecular weight excluding hydrogens is 364 g/mol. The van der Waals surface area contributed by atoms with Gasteiger partial charge in [-0.15, -0.1) is 0 Å². The number of carbonyl (C=O) groups excluding carboxylic acids is 1. The SMILES string of the molecule is C[C@H](NC(=O)CN1CCN(S(=O)(=O)c2cc(F)ccc2F)CC1)C1CC1. The van der Waals surface area contributed by atoms with Crippen LogP contribution in [0.25, 0.3) is 0 Å². The van der Waals surface area contributed by atoms with Gasteiger partial charge in [0.05, 0.1) is 6.54 Å². The summed E-state index contributed by atoms with van der Waals surface area (Å²) in [6.45, 7) is 3.18. The lowest BCUT2D eigenvalue weighted by atomic mass is 10.2. The van der Waals surface area contributed by atoms with E-state index in [4.69, 9.17) is 0 Å². The predicted molar refractivity (Wildman–Crippen MR) is 91.9 cm³/mol. The van der Waals surface area contributed by atoms with Crippen molar-refractivity contribution in [1.29, 1.82) is 0 Å². The van der Waals surface area contributed by atoms with Crippen LogP contribution in [0.2, 0.25) is 0 Å². The molecule has 1 aliphatic carbocycles. The van der Waals surface area contributed by atoms with E-state index >= 15 is 0 Å². The summed E-state index contributed by atoms with van der Waals surface area (Å²) in [6, 6.07) is 2.56. The average molecular weight is 387 g/mol. The molecule has 1 heterocycles. The molecule has 0 unspecified atom stereocenters. The number of halogens is 2. The molecule has 6 nitrogen and oxygen atoms in total. The predicted octanol–water partition coefficient (Wildman–Crippen LogP) is 1.19. The molecule has 1 saturated heterocycles. The van der Waals surface area contributed by atoms with Gasteiger partial charge < -0.3 is 5.32 Å². The molecule has 0 aromatic heterocycles. The van der Waals surface area contributed by atoms with Crippen LogP contribution in [-0.4, -0.2) is 62.3 Å². The quantitative estimate of drug-likeness (QED) is 0.796. The summed E-state index contributed by atoms with van der Waals surface area (Å²) in [4.78, 5) is 13.3. The third kappa shape index (κ3) is 4.39. The Labute approximate surface area is 152 Å². The second-order valence-electron chi connectivity index (χ2n) is 6.95. The molecule has 3 rings (SSSR count). The zero-order valence-electron chi connectivity index (χ0n) is 14.6. The Morgan fingerprint density at radius 2 is 1.88 bits per heavy atom. The minimum absolute atomic E-state index is 0.0723. The molecule has 2 aliphatic rings. The summed E-state index contributed by atoms with van der Waals surface area (Å²) in [6.07, 6.45) is 2.29. The van der Waals surface area contributed by atoms with E-state index in [0.29, 0.717) is 25.1 Å². The van der Waals surface area contributed by atoms with Crippen molar-refractivity contribution in [2.24, 2.45) is 5.92 Å². The summed E-state index contributed by atoms with van der Waals surface area (Å²) in [5.41, 5.74) is 0. The number of hydrogen-bond acceptors (Lipinski definition) is 4. The first-order valence-corrected chi connectivity index (χ1v) is 10.2. The summed E-state index contributed by atoms with van der Waals surface area (Å²) in [5, 5.41) is 2.97. The fourth-order valence-corrected chi connectivity index (χ4v) is 4.66. The molecule has 1 atom stereocenters. The van der Waals surface area contributed by atoms with Crippen LogP contribution in [0.5, 0.6) is 0 Å². The van der Waals surface area contributed by atoms with Crippen LogP contribution in [0.3, 0.4) is 0 Å². The van der Waals surface area contributed by atoms with Crippen molar-refractivity contribution < 1.29 is 22.0 Å². The van der Waals surface area contributed by atoms with E-state index in [-0.39, 0.29) is 31.6 Å². The molecule has 1 saturated carbocycles. The van der Waals surface area contributed by atoms with Gasteiger partial charge in [0, 0.05) is 32.2 Å². The van der Waals surface area contributed by atoms with Crippen LogP contribution in [0.1, 0.15) is 19.8 Å². The maximum atomic E-state index is 13.8. The Morgan fingerprint density at radius 3 is 2.50 bits per heavy atom. The molecule has 9 heteroatoms. The summed E-state index contributed by atoms with van der Waals surface area (Å²) < 4.78 is 53.3. The summed E-state index contributed by atoms with van der Waals surface area (Å²) in [7, 11) is -4.10. The Bertz CT molecular complexity index is 775. The molecule has 1 aliphatic heterocycles. The van der Waals surface area contributed by atoms with Crippen LogP contribution in [0.4, 0.5) is 8.78 Å². The Morgan fingerprint density at radius 1 is 1.23 bits per heavy atom. The van der Waals surface area contributed by atoms with Gasteiger partial charge in [-0.2, -0.15) is 4.31 Å². The molecule has 2 fully saturated rings. The fourth-order valence-electron chi connectivity index (χ4n) is 3.16. The van der Waals surface area contributed by atoms with Gasteiger partial charge in [-0.05, 0) is 43.9 Å². The van der Waals surface area contributed by atoms with Crippen LogP contribution in [-0.2, 0) is 14.8 Å². The highest BCUT2D eigenvalue weighted by Crippen LogP contribution is 2.32. The highest BCUT2D eigenvalue weighted by molar-refractivity contribution is 7.89. The van der Waals surface area contributed by atoms with Crippen molar-refractivity contribution in [3.8, 4) is 0 Å². The number of amides is 1. The standard InChI is InChI=1S/C17H23F2N3O3S/c1-12(13-2-3-13)20-17(23)11-21-6-8-22(9-7-21)26(24,25)16-10-14(18)4-5-15(16)19/h4-5,10,12-13H,2-3,6-9,11H2,1H3,(H,20,23)/t12-/m0/s1. The van der Waals surface area contributed by atoms with Gasteiger partial charge >= 0.3 is 0 Å². The molecule has 1 N–H and O–H groups in total. The Balaban J connectivity index is 1.55. The molecule has 0 radical (unpaired) electrons. The van der Waals surface area contributed by atoms with Crippen LogP contribution in [0, 0.1) is 17.6 Å². The molecule has 144 valence electrons. The van der Waals surface area contributed by atoms with Crippen LogP contribution in [0.15, 0.2) is 23.1 Å². The van der Waals surface area contributed by atoms with Crippen molar-refractivity contribution in [2.45, 2.75) is 30.7 Å². The molecule has 0 bridgehead atoms. The second kappa shape index (κ2) is 7.58. The first kappa shape index (κ1) is 19.2. The van der Waals surface area contributed by atoms with E-state index in [2.05, 4.69) is 5.32 Å². The number of piperazine rings is 1. The normalized spacial score (nSPS) is 20.7. The second-order valence-corrected chi connectivity index (χ2v) is 8.85. The first-order valence-electron chi connectivity index (χ1n) is 8.74. The van der Waals surface area contributed by atoms with Gasteiger partial charge in [-0.1, -0.05) is 0 Å². The number of hydrogen-bond donors (Lipinski definition) is 1. The third-order valence-electron chi connectivity index (χ3n) is 4.93. The van der Waals surface area contributed by atoms with E-state index in [1.165, 1.54) is 0 Å². The number of carbonyl (C=O) groups is 1. The zero-order chi connectivity index (χ0) is 18.9. The fraction of sp³-hybridized carbons (Fsp3) is 0.588. The summed E-state index contributed by atoms with van der Waals surface area (Å²) in [5.74, 6) is -1.27. The van der Waals surface area contributed by atoms with E-state index in [0.717, 1.165) is 29.3 Å². The maximum absolute atomic E-state index is 13.8. The molecular formula is C17H23F2N3O3S. The molecule has 1 aromatic carbocycles. The van der Waals surface area contributed by atoms with Crippen molar-refractivity contribution in [3.05, 3.63) is 29.8 Å². The largest absolute Gasteiger partial charge is 0.352 e. The topological polar surface area (TPSA) is 69.7 Å². The lowest BCUT2D eigenvalue weighted by Crippen LogP contribution is -2.51. The van der Waals surface area contributed by atoms with Gasteiger partial charge in [0.2, 0.25) is 15.9 Å². The Kier molecular flexibility index (Phi) is 5.59. The summed E-state index contributed by atoms with van der Waals surface area (Å²) >= 11 is 0. The van der Waals surface area contributed by atoms with Crippen LogP contribution < -0.4 is 5.32 Å². The van der Waals surface area contributed by atoms with Crippen molar-refractivity contribution in [3.63, 3.8) is 0 Å². The molecule has 26 heavy (non-hydrogen) atoms. The first-order chi connectivity index (χ1) is 12.3. The monoisotopic (exact) mass is 387 g/mol. The van der Waals surface area contributed by atoms with Gasteiger partial charge in [-0.25, -0.2) is 17.2 Å². The van der Waals surface area contributed by atoms with Crippen molar-refractivity contribution in [2.75, 3.05) is 32.7 Å². The minimum atomic E-state index is -4.10. The smallest absolute Gasteiger partial charge is 0.246 e.